The van der Waals surface area contributed by atoms with E-state index in [-0.39, 0.29) is 11.1 Å². The van der Waals surface area contributed by atoms with Gasteiger partial charge in [-0.1, -0.05) is 30.3 Å². The number of aromatic nitrogens is 5. The van der Waals surface area contributed by atoms with Crippen LogP contribution in [0.2, 0.25) is 0 Å². The number of anilines is 1. The van der Waals surface area contributed by atoms with Gasteiger partial charge in [0.25, 0.3) is 5.56 Å². The van der Waals surface area contributed by atoms with Gasteiger partial charge in [-0.25, -0.2) is 4.68 Å². The van der Waals surface area contributed by atoms with Crippen molar-refractivity contribution in [2.75, 3.05) is 11.4 Å². The average molecular weight is 443 g/mol. The van der Waals surface area contributed by atoms with E-state index in [0.717, 1.165) is 47.1 Å². The van der Waals surface area contributed by atoms with Gasteiger partial charge in [0.1, 0.15) is 6.04 Å². The molecule has 0 aliphatic carbocycles. The molecule has 1 atom stereocenters. The van der Waals surface area contributed by atoms with Crippen LogP contribution in [-0.4, -0.2) is 31.7 Å². The Labute approximate surface area is 193 Å². The molecule has 33 heavy (non-hydrogen) atoms. The van der Waals surface area contributed by atoms with Gasteiger partial charge in [-0.3, -0.25) is 4.79 Å². The van der Waals surface area contributed by atoms with Crippen LogP contribution in [0, 0.1) is 13.8 Å². The Morgan fingerprint density at radius 1 is 1.06 bits per heavy atom. The van der Waals surface area contributed by atoms with Crippen molar-refractivity contribution in [3.05, 3.63) is 80.9 Å². The van der Waals surface area contributed by atoms with Crippen LogP contribution in [0.5, 0.6) is 0 Å². The third-order valence-electron chi connectivity index (χ3n) is 6.60. The number of hydrogen-bond donors (Lipinski definition) is 1. The predicted octanol–water partition coefficient (Wildman–Crippen LogP) is 4.43. The first-order valence-electron chi connectivity index (χ1n) is 11.5. The Bertz CT molecular complexity index is 1390. The summed E-state index contributed by atoms with van der Waals surface area (Å²) in [5, 5.41) is 13.9. The van der Waals surface area contributed by atoms with Gasteiger partial charge in [0.2, 0.25) is 0 Å². The molecule has 5 rings (SSSR count). The number of benzene rings is 2. The molecule has 7 heteroatoms. The third kappa shape index (κ3) is 3.61. The number of para-hydroxylation sites is 1. The van der Waals surface area contributed by atoms with Crippen molar-refractivity contribution >= 4 is 16.6 Å². The fourth-order valence-corrected chi connectivity index (χ4v) is 4.91. The number of aromatic amines is 1. The van der Waals surface area contributed by atoms with Gasteiger partial charge >= 0.3 is 0 Å². The third-order valence-corrected chi connectivity index (χ3v) is 6.60. The number of nitrogens with zero attached hydrogens (tertiary/aromatic N) is 5. The number of aryl methyl sites for hydroxylation is 3. The van der Waals surface area contributed by atoms with Crippen molar-refractivity contribution in [2.45, 2.75) is 59.0 Å². The standard InChI is InChI=1S/C26H30N6O/c1-16-12-13-17(2)22-19(16)15-20(25(33)27-22)23(24-28-29-30-32(24)26(3,4)5)31-14-8-10-18-9-6-7-11-21(18)31/h6-7,9,11-13,15,23H,8,10,14H2,1-5H3,(H,27,33)/t23-/m1/s1. The highest BCUT2D eigenvalue weighted by Crippen LogP contribution is 2.37. The molecule has 3 heterocycles. The molecule has 0 unspecified atom stereocenters. The number of hydrogen-bond acceptors (Lipinski definition) is 5. The maximum atomic E-state index is 13.6. The Morgan fingerprint density at radius 3 is 2.61 bits per heavy atom. The van der Waals surface area contributed by atoms with Gasteiger partial charge in [-0.05, 0) is 86.7 Å². The molecule has 7 nitrogen and oxygen atoms in total. The van der Waals surface area contributed by atoms with Crippen molar-refractivity contribution in [3.63, 3.8) is 0 Å². The molecular weight excluding hydrogens is 412 g/mol. The summed E-state index contributed by atoms with van der Waals surface area (Å²) in [4.78, 5) is 19.1. The van der Waals surface area contributed by atoms with E-state index >= 15 is 0 Å². The molecule has 2 aromatic heterocycles. The van der Waals surface area contributed by atoms with Crippen LogP contribution in [0.4, 0.5) is 5.69 Å². The van der Waals surface area contributed by atoms with E-state index in [1.165, 1.54) is 5.56 Å². The smallest absolute Gasteiger partial charge is 0.254 e. The maximum Gasteiger partial charge on any atom is 0.254 e. The second-order valence-corrected chi connectivity index (χ2v) is 9.99. The Kier molecular flexibility index (Phi) is 5.07. The zero-order valence-corrected chi connectivity index (χ0v) is 19.9. The molecular formula is C26H30N6O. The number of pyridine rings is 1. The summed E-state index contributed by atoms with van der Waals surface area (Å²) in [5.41, 5.74) is 5.71. The van der Waals surface area contributed by atoms with Crippen LogP contribution >= 0.6 is 0 Å². The largest absolute Gasteiger partial charge is 0.357 e. The van der Waals surface area contributed by atoms with Crippen molar-refractivity contribution in [3.8, 4) is 0 Å². The van der Waals surface area contributed by atoms with E-state index in [9.17, 15) is 4.79 Å². The molecule has 1 N–H and O–H groups in total. The molecule has 4 aromatic rings. The van der Waals surface area contributed by atoms with Crippen LogP contribution in [0.3, 0.4) is 0 Å². The lowest BCUT2D eigenvalue weighted by atomic mass is 9.95. The van der Waals surface area contributed by atoms with E-state index < -0.39 is 6.04 Å². The number of H-pyrrole nitrogens is 1. The highest BCUT2D eigenvalue weighted by molar-refractivity contribution is 5.85. The molecule has 0 saturated heterocycles. The number of fused-ring (bicyclic) bond motifs is 2. The maximum absolute atomic E-state index is 13.6. The lowest BCUT2D eigenvalue weighted by molar-refractivity contribution is 0.329. The van der Waals surface area contributed by atoms with Gasteiger partial charge in [0.15, 0.2) is 5.82 Å². The summed E-state index contributed by atoms with van der Waals surface area (Å²) in [5.74, 6) is 0.675. The van der Waals surface area contributed by atoms with E-state index in [2.05, 4.69) is 83.4 Å². The van der Waals surface area contributed by atoms with Gasteiger partial charge < -0.3 is 9.88 Å². The van der Waals surface area contributed by atoms with Gasteiger partial charge in [0, 0.05) is 23.2 Å². The fourth-order valence-electron chi connectivity index (χ4n) is 4.91. The normalized spacial score (nSPS) is 15.0. The van der Waals surface area contributed by atoms with Crippen molar-refractivity contribution in [2.24, 2.45) is 0 Å². The Hall–Kier alpha value is -3.48. The highest BCUT2D eigenvalue weighted by Gasteiger charge is 2.35. The molecule has 0 spiro atoms. The Morgan fingerprint density at radius 2 is 1.82 bits per heavy atom. The first-order valence-corrected chi connectivity index (χ1v) is 11.5. The number of rotatable bonds is 3. The molecule has 1 aliphatic heterocycles. The van der Waals surface area contributed by atoms with Crippen molar-refractivity contribution < 1.29 is 0 Å². The lowest BCUT2D eigenvalue weighted by Gasteiger charge is -2.38. The quantitative estimate of drug-likeness (QED) is 0.508. The summed E-state index contributed by atoms with van der Waals surface area (Å²) in [7, 11) is 0. The topological polar surface area (TPSA) is 79.7 Å². The van der Waals surface area contributed by atoms with Gasteiger partial charge in [-0.2, -0.15) is 0 Å². The summed E-state index contributed by atoms with van der Waals surface area (Å²) >= 11 is 0. The minimum atomic E-state index is -0.409. The monoisotopic (exact) mass is 442 g/mol. The lowest BCUT2D eigenvalue weighted by Crippen LogP contribution is -2.40. The van der Waals surface area contributed by atoms with Crippen LogP contribution in [-0.2, 0) is 12.0 Å². The minimum Gasteiger partial charge on any atom is -0.357 e. The van der Waals surface area contributed by atoms with Gasteiger partial charge in [-0.15, -0.1) is 5.10 Å². The van der Waals surface area contributed by atoms with E-state index in [4.69, 9.17) is 0 Å². The second-order valence-electron chi connectivity index (χ2n) is 9.99. The molecule has 1 aliphatic rings. The zero-order valence-electron chi connectivity index (χ0n) is 19.9. The first kappa shape index (κ1) is 21.4. The summed E-state index contributed by atoms with van der Waals surface area (Å²) in [6, 6.07) is 14.2. The van der Waals surface area contributed by atoms with Crippen LogP contribution in [0.1, 0.15) is 61.3 Å². The second kappa shape index (κ2) is 7.83. The van der Waals surface area contributed by atoms with Gasteiger partial charge in [0.05, 0.1) is 11.1 Å². The average Bonchev–Trinajstić information content (AvgIpc) is 3.28. The van der Waals surface area contributed by atoms with Crippen LogP contribution in [0.25, 0.3) is 10.9 Å². The SMILES string of the molecule is Cc1ccc(C)c2[nH]c(=O)c([C@H](c3nnnn3C(C)(C)C)N3CCCc4ccccc43)cc12. The Balaban J connectivity index is 1.80. The first-order chi connectivity index (χ1) is 15.8. The molecule has 0 radical (unpaired) electrons. The summed E-state index contributed by atoms with van der Waals surface area (Å²) < 4.78 is 1.85. The van der Waals surface area contributed by atoms with Crippen molar-refractivity contribution in [1.29, 1.82) is 0 Å². The molecule has 170 valence electrons. The van der Waals surface area contributed by atoms with E-state index in [1.54, 1.807) is 0 Å². The molecule has 0 bridgehead atoms. The van der Waals surface area contributed by atoms with Crippen molar-refractivity contribution in [1.82, 2.24) is 25.2 Å². The van der Waals surface area contributed by atoms with E-state index in [1.807, 2.05) is 23.7 Å². The highest BCUT2D eigenvalue weighted by atomic mass is 16.1. The molecule has 0 saturated carbocycles. The minimum absolute atomic E-state index is 0.104. The molecule has 2 aromatic carbocycles. The summed E-state index contributed by atoms with van der Waals surface area (Å²) in [6.45, 7) is 11.2. The number of nitrogens with one attached hydrogen (secondary N) is 1. The van der Waals surface area contributed by atoms with Crippen LogP contribution < -0.4 is 10.5 Å². The van der Waals surface area contributed by atoms with Crippen LogP contribution in [0.15, 0.2) is 47.3 Å². The number of tetrazole rings is 1. The van der Waals surface area contributed by atoms with E-state index in [0.29, 0.717) is 11.4 Å². The predicted molar refractivity (Wildman–Crippen MR) is 131 cm³/mol. The summed E-state index contributed by atoms with van der Waals surface area (Å²) in [6.07, 6.45) is 2.03. The fraction of sp³-hybridized carbons (Fsp3) is 0.385. The molecule has 0 fully saturated rings. The molecule has 0 amide bonds. The zero-order chi connectivity index (χ0) is 23.3.